The normalized spacial score (nSPS) is 14.4. The Hall–Kier alpha value is -1.96. The minimum absolute atomic E-state index is 0.114. The monoisotopic (exact) mass is 351 g/mol. The SMILES string of the molecule is CCCC1=C(CCC)C(CCC)=C(CCC)C1=NC(=O)c1ccccc1. The summed E-state index contributed by atoms with van der Waals surface area (Å²) in [7, 11) is 0. The molecule has 0 atom stereocenters. The molecule has 0 spiro atoms. The van der Waals surface area contributed by atoms with E-state index in [4.69, 9.17) is 0 Å². The second-order valence-electron chi connectivity index (χ2n) is 7.05. The molecule has 0 N–H and O–H groups in total. The molecule has 2 rings (SSSR count). The zero-order chi connectivity index (χ0) is 18.9. The highest BCUT2D eigenvalue weighted by molar-refractivity contribution is 6.21. The summed E-state index contributed by atoms with van der Waals surface area (Å²) in [6.07, 6.45) is 8.64. The van der Waals surface area contributed by atoms with Crippen molar-refractivity contribution in [2.24, 2.45) is 4.99 Å². The van der Waals surface area contributed by atoms with Crippen LogP contribution in [0.1, 0.15) is 89.4 Å². The van der Waals surface area contributed by atoms with E-state index < -0.39 is 0 Å². The molecule has 0 radical (unpaired) electrons. The minimum atomic E-state index is -0.114. The number of allylic oxidation sites excluding steroid dienone is 4. The molecular formula is C24H33NO. The molecule has 1 aromatic carbocycles. The molecule has 0 fully saturated rings. The number of hydrogen-bond donors (Lipinski definition) is 0. The molecule has 2 nitrogen and oxygen atoms in total. The van der Waals surface area contributed by atoms with Crippen LogP contribution in [0.4, 0.5) is 0 Å². The quantitative estimate of drug-likeness (QED) is 0.467. The molecule has 0 saturated heterocycles. The van der Waals surface area contributed by atoms with Crippen LogP contribution < -0.4 is 0 Å². The molecule has 0 aliphatic heterocycles. The van der Waals surface area contributed by atoms with Gasteiger partial charge in [-0.15, -0.1) is 0 Å². The van der Waals surface area contributed by atoms with Crippen molar-refractivity contribution in [2.75, 3.05) is 0 Å². The third-order valence-corrected chi connectivity index (χ3v) is 4.90. The topological polar surface area (TPSA) is 29.4 Å². The average molecular weight is 352 g/mol. The Kier molecular flexibility index (Phi) is 8.03. The van der Waals surface area contributed by atoms with Gasteiger partial charge in [-0.3, -0.25) is 4.79 Å². The summed E-state index contributed by atoms with van der Waals surface area (Å²) in [5.41, 5.74) is 7.32. The Labute approximate surface area is 159 Å². The summed E-state index contributed by atoms with van der Waals surface area (Å²) in [6.45, 7) is 8.91. The summed E-state index contributed by atoms with van der Waals surface area (Å²) in [4.78, 5) is 17.5. The van der Waals surface area contributed by atoms with E-state index >= 15 is 0 Å². The molecule has 1 aromatic rings. The van der Waals surface area contributed by atoms with Gasteiger partial charge in [0.05, 0.1) is 5.71 Å². The van der Waals surface area contributed by atoms with Gasteiger partial charge in [-0.25, -0.2) is 4.99 Å². The number of amides is 1. The van der Waals surface area contributed by atoms with E-state index in [9.17, 15) is 4.79 Å². The van der Waals surface area contributed by atoms with Crippen LogP contribution in [-0.4, -0.2) is 11.6 Å². The Morgan fingerprint density at radius 3 is 1.54 bits per heavy atom. The smallest absolute Gasteiger partial charge is 0.267 e. The van der Waals surface area contributed by atoms with Crippen LogP contribution in [-0.2, 0) is 0 Å². The van der Waals surface area contributed by atoms with Crippen LogP contribution in [0.25, 0.3) is 0 Å². The second kappa shape index (κ2) is 10.3. The number of carbonyl (C=O) groups excluding carboxylic acids is 1. The van der Waals surface area contributed by atoms with Crippen LogP contribution in [0.3, 0.4) is 0 Å². The first kappa shape index (κ1) is 20.4. The number of rotatable bonds is 9. The fourth-order valence-electron chi connectivity index (χ4n) is 3.86. The van der Waals surface area contributed by atoms with Gasteiger partial charge in [-0.2, -0.15) is 0 Å². The number of aliphatic imine (C=N–C) groups is 1. The maximum Gasteiger partial charge on any atom is 0.277 e. The molecule has 0 unspecified atom stereocenters. The van der Waals surface area contributed by atoms with Crippen molar-refractivity contribution in [1.29, 1.82) is 0 Å². The summed E-state index contributed by atoms with van der Waals surface area (Å²) < 4.78 is 0. The molecule has 0 saturated carbocycles. The minimum Gasteiger partial charge on any atom is -0.267 e. The summed E-state index contributed by atoms with van der Waals surface area (Å²) in [5.74, 6) is -0.114. The lowest BCUT2D eigenvalue weighted by Crippen LogP contribution is -2.08. The van der Waals surface area contributed by atoms with E-state index in [0.29, 0.717) is 5.56 Å². The molecule has 0 aromatic heterocycles. The first-order valence-corrected chi connectivity index (χ1v) is 10.3. The Balaban J connectivity index is 2.56. The predicted molar refractivity (Wildman–Crippen MR) is 112 cm³/mol. The second-order valence-corrected chi connectivity index (χ2v) is 7.05. The highest BCUT2D eigenvalue weighted by Crippen LogP contribution is 2.40. The Morgan fingerprint density at radius 1 is 0.692 bits per heavy atom. The van der Waals surface area contributed by atoms with Gasteiger partial charge in [0.25, 0.3) is 5.91 Å². The van der Waals surface area contributed by atoms with Gasteiger partial charge in [0.1, 0.15) is 0 Å². The maximum atomic E-state index is 12.8. The highest BCUT2D eigenvalue weighted by Gasteiger charge is 2.29. The Bertz CT molecular complexity index is 673. The first-order chi connectivity index (χ1) is 12.7. The third-order valence-electron chi connectivity index (χ3n) is 4.90. The van der Waals surface area contributed by atoms with Crippen molar-refractivity contribution in [3.8, 4) is 0 Å². The van der Waals surface area contributed by atoms with Crippen molar-refractivity contribution in [2.45, 2.75) is 79.1 Å². The summed E-state index contributed by atoms with van der Waals surface area (Å²) in [6, 6.07) is 9.45. The van der Waals surface area contributed by atoms with E-state index in [1.807, 2.05) is 30.3 Å². The number of nitrogens with zero attached hydrogens (tertiary/aromatic N) is 1. The Morgan fingerprint density at radius 2 is 1.12 bits per heavy atom. The zero-order valence-corrected chi connectivity index (χ0v) is 16.9. The molecule has 140 valence electrons. The average Bonchev–Trinajstić information content (AvgIpc) is 2.90. The molecule has 2 heteroatoms. The van der Waals surface area contributed by atoms with E-state index in [1.165, 1.54) is 22.3 Å². The summed E-state index contributed by atoms with van der Waals surface area (Å²) in [5, 5.41) is 0. The molecular weight excluding hydrogens is 318 g/mol. The molecule has 0 heterocycles. The molecule has 26 heavy (non-hydrogen) atoms. The third kappa shape index (κ3) is 4.60. The van der Waals surface area contributed by atoms with E-state index in [0.717, 1.165) is 57.1 Å². The molecule has 1 aliphatic rings. The van der Waals surface area contributed by atoms with E-state index in [2.05, 4.69) is 32.7 Å². The highest BCUT2D eigenvalue weighted by atomic mass is 16.1. The van der Waals surface area contributed by atoms with Crippen molar-refractivity contribution in [3.63, 3.8) is 0 Å². The van der Waals surface area contributed by atoms with Gasteiger partial charge in [0.15, 0.2) is 0 Å². The number of benzene rings is 1. The molecule has 1 aliphatic carbocycles. The van der Waals surface area contributed by atoms with Crippen LogP contribution in [0.2, 0.25) is 0 Å². The number of hydrogen-bond acceptors (Lipinski definition) is 1. The number of carbonyl (C=O) groups is 1. The van der Waals surface area contributed by atoms with Gasteiger partial charge >= 0.3 is 0 Å². The van der Waals surface area contributed by atoms with Gasteiger partial charge in [0.2, 0.25) is 0 Å². The zero-order valence-electron chi connectivity index (χ0n) is 16.9. The standard InChI is InChI=1S/C24H33NO/c1-5-12-19-20(13-6-2)22(15-8-4)23(21(19)14-7-3)25-24(26)18-16-10-9-11-17-18/h9-11,16-17H,5-8,12-15H2,1-4H3. The van der Waals surface area contributed by atoms with Crippen molar-refractivity contribution in [1.82, 2.24) is 0 Å². The summed E-state index contributed by atoms with van der Waals surface area (Å²) >= 11 is 0. The van der Waals surface area contributed by atoms with Crippen molar-refractivity contribution < 1.29 is 4.79 Å². The van der Waals surface area contributed by atoms with Gasteiger partial charge in [-0.05, 0) is 60.1 Å². The lowest BCUT2D eigenvalue weighted by molar-refractivity contribution is 0.100. The molecule has 1 amide bonds. The lowest BCUT2D eigenvalue weighted by atomic mass is 9.95. The van der Waals surface area contributed by atoms with Crippen LogP contribution in [0, 0.1) is 0 Å². The molecule has 0 bridgehead atoms. The fourth-order valence-corrected chi connectivity index (χ4v) is 3.86. The maximum absolute atomic E-state index is 12.8. The van der Waals surface area contributed by atoms with Crippen LogP contribution >= 0.6 is 0 Å². The van der Waals surface area contributed by atoms with Gasteiger partial charge in [-0.1, -0.05) is 71.6 Å². The van der Waals surface area contributed by atoms with Gasteiger partial charge < -0.3 is 0 Å². The van der Waals surface area contributed by atoms with E-state index in [-0.39, 0.29) is 5.91 Å². The van der Waals surface area contributed by atoms with E-state index in [1.54, 1.807) is 0 Å². The fraction of sp³-hybridized carbons (Fsp3) is 0.500. The first-order valence-electron chi connectivity index (χ1n) is 10.3. The predicted octanol–water partition coefficient (Wildman–Crippen LogP) is 7.08. The van der Waals surface area contributed by atoms with Crippen LogP contribution in [0.15, 0.2) is 57.6 Å². The van der Waals surface area contributed by atoms with Crippen molar-refractivity contribution in [3.05, 3.63) is 58.2 Å². The largest absolute Gasteiger partial charge is 0.277 e. The van der Waals surface area contributed by atoms with Crippen LogP contribution in [0.5, 0.6) is 0 Å². The lowest BCUT2D eigenvalue weighted by Gasteiger charge is -2.10. The van der Waals surface area contributed by atoms with Crippen molar-refractivity contribution >= 4 is 11.6 Å². The van der Waals surface area contributed by atoms with Gasteiger partial charge in [0, 0.05) is 5.56 Å².